The van der Waals surface area contributed by atoms with Crippen LogP contribution in [0.15, 0.2) is 12.1 Å². The highest BCUT2D eigenvalue weighted by Gasteiger charge is 2.19. The van der Waals surface area contributed by atoms with Gasteiger partial charge in [-0.25, -0.2) is 0 Å². The molecule has 2 unspecified atom stereocenters. The van der Waals surface area contributed by atoms with Gasteiger partial charge in [-0.3, -0.25) is 0 Å². The Bertz CT molecular complexity index is 447. The van der Waals surface area contributed by atoms with Gasteiger partial charge in [0, 0.05) is 17.1 Å². The first-order valence-corrected chi connectivity index (χ1v) is 8.12. The maximum atomic E-state index is 6.16. The molecule has 0 bridgehead atoms. The van der Waals surface area contributed by atoms with Gasteiger partial charge in [0.15, 0.2) is 0 Å². The Balaban J connectivity index is 2.07. The Hall–Kier alpha value is -0.890. The summed E-state index contributed by atoms with van der Waals surface area (Å²) in [5.74, 6) is 1.76. The minimum atomic E-state index is 0.557. The lowest BCUT2D eigenvalue weighted by atomic mass is 9.98. The Morgan fingerprint density at radius 1 is 1.25 bits per heavy atom. The maximum Gasteiger partial charge on any atom is 0.143 e. The van der Waals surface area contributed by atoms with Gasteiger partial charge in [0.25, 0.3) is 0 Å². The van der Waals surface area contributed by atoms with Gasteiger partial charge in [-0.05, 0) is 43.7 Å². The zero-order valence-electron chi connectivity index (χ0n) is 12.8. The van der Waals surface area contributed by atoms with Gasteiger partial charge in [-0.2, -0.15) is 0 Å². The molecule has 1 aromatic rings. The number of aryl methyl sites for hydroxylation is 1. The average Bonchev–Trinajstić information content (AvgIpc) is 2.67. The molecule has 0 spiro atoms. The van der Waals surface area contributed by atoms with Crippen LogP contribution in [-0.2, 0) is 0 Å². The summed E-state index contributed by atoms with van der Waals surface area (Å²) in [7, 11) is 1.70. The summed E-state index contributed by atoms with van der Waals surface area (Å²) >= 11 is 6.16. The first kappa shape index (κ1) is 15.5. The molecule has 3 heteroatoms. The van der Waals surface area contributed by atoms with E-state index >= 15 is 0 Å². The van der Waals surface area contributed by atoms with Gasteiger partial charge in [0.1, 0.15) is 5.75 Å². The fourth-order valence-electron chi connectivity index (χ4n) is 3.10. The number of nitrogens with one attached hydrogen (secondary N) is 1. The molecule has 0 amide bonds. The first-order chi connectivity index (χ1) is 9.63. The van der Waals surface area contributed by atoms with E-state index in [1.165, 1.54) is 38.5 Å². The van der Waals surface area contributed by atoms with Gasteiger partial charge in [0.2, 0.25) is 0 Å². The number of anilines is 1. The Morgan fingerprint density at radius 2 is 2.05 bits per heavy atom. The van der Waals surface area contributed by atoms with Crippen LogP contribution >= 0.6 is 11.6 Å². The number of rotatable bonds is 4. The third kappa shape index (κ3) is 3.82. The molecule has 2 rings (SSSR count). The van der Waals surface area contributed by atoms with E-state index in [1.807, 2.05) is 13.0 Å². The number of benzene rings is 1. The van der Waals surface area contributed by atoms with Crippen molar-refractivity contribution in [2.24, 2.45) is 5.92 Å². The van der Waals surface area contributed by atoms with Crippen molar-refractivity contribution in [3.05, 3.63) is 22.7 Å². The van der Waals surface area contributed by atoms with Crippen LogP contribution in [0.4, 0.5) is 5.69 Å². The molecule has 1 N–H and O–H groups in total. The number of methoxy groups -OCH3 is 1. The van der Waals surface area contributed by atoms with Crippen molar-refractivity contribution < 1.29 is 4.74 Å². The largest absolute Gasteiger partial charge is 0.495 e. The minimum Gasteiger partial charge on any atom is -0.495 e. The SMILES string of the molecule is CCC1CCCC(Nc2cc(C)c(Cl)cc2OC)CC1. The lowest BCUT2D eigenvalue weighted by Crippen LogP contribution is -2.19. The molecular formula is C17H26ClNO. The third-order valence-corrected chi connectivity index (χ3v) is 4.91. The van der Waals surface area contributed by atoms with E-state index < -0.39 is 0 Å². The molecule has 0 aromatic heterocycles. The second-order valence-corrected chi connectivity index (χ2v) is 6.33. The Morgan fingerprint density at radius 3 is 2.75 bits per heavy atom. The molecule has 1 fully saturated rings. The molecule has 1 saturated carbocycles. The number of halogens is 1. The summed E-state index contributed by atoms with van der Waals surface area (Å²) < 4.78 is 5.45. The van der Waals surface area contributed by atoms with Gasteiger partial charge >= 0.3 is 0 Å². The van der Waals surface area contributed by atoms with E-state index in [1.54, 1.807) is 7.11 Å². The quantitative estimate of drug-likeness (QED) is 0.748. The number of hydrogen-bond acceptors (Lipinski definition) is 2. The highest BCUT2D eigenvalue weighted by molar-refractivity contribution is 6.31. The molecule has 1 aliphatic rings. The second kappa shape index (κ2) is 7.21. The normalized spacial score (nSPS) is 23.2. The molecule has 2 atom stereocenters. The zero-order chi connectivity index (χ0) is 14.5. The topological polar surface area (TPSA) is 21.3 Å². The van der Waals surface area contributed by atoms with Gasteiger partial charge < -0.3 is 10.1 Å². The molecule has 0 radical (unpaired) electrons. The van der Waals surface area contributed by atoms with Crippen LogP contribution < -0.4 is 10.1 Å². The van der Waals surface area contributed by atoms with E-state index in [2.05, 4.69) is 18.3 Å². The Labute approximate surface area is 127 Å². The molecule has 1 aromatic carbocycles. The summed E-state index contributed by atoms with van der Waals surface area (Å²) in [4.78, 5) is 0. The van der Waals surface area contributed by atoms with Crippen LogP contribution in [0.1, 0.15) is 51.0 Å². The molecule has 1 aliphatic carbocycles. The first-order valence-electron chi connectivity index (χ1n) is 7.74. The van der Waals surface area contributed by atoms with Crippen LogP contribution in [0, 0.1) is 12.8 Å². The monoisotopic (exact) mass is 295 g/mol. The van der Waals surface area contributed by atoms with E-state index in [-0.39, 0.29) is 0 Å². The van der Waals surface area contributed by atoms with Gasteiger partial charge in [-0.1, -0.05) is 37.8 Å². The summed E-state index contributed by atoms with van der Waals surface area (Å²) in [6, 6.07) is 4.56. The van der Waals surface area contributed by atoms with Gasteiger partial charge in [0.05, 0.1) is 12.8 Å². The standard InChI is InChI=1S/C17H26ClNO/c1-4-13-6-5-7-14(9-8-13)19-16-10-12(2)15(18)11-17(16)20-3/h10-11,13-14,19H,4-9H2,1-3H3. The molecule has 0 aliphatic heterocycles. The van der Waals surface area contributed by atoms with Crippen molar-refractivity contribution in [2.75, 3.05) is 12.4 Å². The van der Waals surface area contributed by atoms with Crippen molar-refractivity contribution >= 4 is 17.3 Å². The summed E-state index contributed by atoms with van der Waals surface area (Å²) in [5.41, 5.74) is 2.17. The smallest absolute Gasteiger partial charge is 0.143 e. The van der Waals surface area contributed by atoms with Gasteiger partial charge in [-0.15, -0.1) is 0 Å². The molecule has 0 saturated heterocycles. The molecular weight excluding hydrogens is 270 g/mol. The van der Waals surface area contributed by atoms with Crippen molar-refractivity contribution in [2.45, 2.75) is 58.4 Å². The third-order valence-electron chi connectivity index (χ3n) is 4.51. The van der Waals surface area contributed by atoms with Crippen molar-refractivity contribution in [3.63, 3.8) is 0 Å². The predicted octanol–water partition coefficient (Wildman–Crippen LogP) is 5.43. The molecule has 20 heavy (non-hydrogen) atoms. The summed E-state index contributed by atoms with van der Waals surface area (Å²) in [5, 5.41) is 4.43. The Kier molecular flexibility index (Phi) is 5.59. The number of ether oxygens (including phenoxy) is 1. The average molecular weight is 296 g/mol. The van der Waals surface area contributed by atoms with Crippen molar-refractivity contribution in [1.82, 2.24) is 0 Å². The van der Waals surface area contributed by atoms with Crippen molar-refractivity contribution in [3.8, 4) is 5.75 Å². The predicted molar refractivity (Wildman–Crippen MR) is 87.0 cm³/mol. The van der Waals surface area contributed by atoms with E-state index in [4.69, 9.17) is 16.3 Å². The highest BCUT2D eigenvalue weighted by atomic mass is 35.5. The molecule has 2 nitrogen and oxygen atoms in total. The molecule has 112 valence electrons. The van der Waals surface area contributed by atoms with Crippen LogP contribution in [0.5, 0.6) is 5.75 Å². The second-order valence-electron chi connectivity index (χ2n) is 5.93. The molecule has 0 heterocycles. The van der Waals surface area contributed by atoms with E-state index in [0.717, 1.165) is 27.9 Å². The summed E-state index contributed by atoms with van der Waals surface area (Å²) in [6.07, 6.45) is 7.86. The zero-order valence-corrected chi connectivity index (χ0v) is 13.6. The van der Waals surface area contributed by atoms with E-state index in [9.17, 15) is 0 Å². The summed E-state index contributed by atoms with van der Waals surface area (Å²) in [6.45, 7) is 4.34. The van der Waals surface area contributed by atoms with E-state index in [0.29, 0.717) is 6.04 Å². The highest BCUT2D eigenvalue weighted by Crippen LogP contribution is 2.34. The minimum absolute atomic E-state index is 0.557. The van der Waals surface area contributed by atoms with Crippen LogP contribution in [-0.4, -0.2) is 13.2 Å². The lowest BCUT2D eigenvalue weighted by molar-refractivity contribution is 0.415. The lowest BCUT2D eigenvalue weighted by Gasteiger charge is -2.20. The van der Waals surface area contributed by atoms with Crippen LogP contribution in [0.2, 0.25) is 5.02 Å². The fourth-order valence-corrected chi connectivity index (χ4v) is 3.25. The van der Waals surface area contributed by atoms with Crippen LogP contribution in [0.3, 0.4) is 0 Å². The van der Waals surface area contributed by atoms with Crippen molar-refractivity contribution in [1.29, 1.82) is 0 Å². The maximum absolute atomic E-state index is 6.16. The number of hydrogen-bond donors (Lipinski definition) is 1. The fraction of sp³-hybridized carbons (Fsp3) is 0.647. The van der Waals surface area contributed by atoms with Crippen LogP contribution in [0.25, 0.3) is 0 Å².